The van der Waals surface area contributed by atoms with Crippen LogP contribution >= 0.6 is 0 Å². The number of halogens is 1. The Labute approximate surface area is 164 Å². The quantitative estimate of drug-likeness (QED) is 0.755. The Bertz CT molecular complexity index is 891. The number of ether oxygens (including phenoxy) is 2. The molecule has 1 aliphatic rings. The molecule has 0 bridgehead atoms. The monoisotopic (exact) mass is 409 g/mol. The van der Waals surface area contributed by atoms with Crippen LogP contribution in [0.1, 0.15) is 6.42 Å². The van der Waals surface area contributed by atoms with Gasteiger partial charge in [0.25, 0.3) is 0 Å². The first-order chi connectivity index (χ1) is 13.4. The molecule has 0 amide bonds. The van der Waals surface area contributed by atoms with Crippen LogP contribution in [-0.4, -0.2) is 63.1 Å². The van der Waals surface area contributed by atoms with E-state index in [9.17, 15) is 17.9 Å². The molecule has 2 aromatic rings. The first kappa shape index (κ1) is 20.6. The first-order valence-electron chi connectivity index (χ1n) is 9.07. The Hall–Kier alpha value is -2.16. The third kappa shape index (κ3) is 5.01. The molecule has 8 heteroatoms. The van der Waals surface area contributed by atoms with Crippen molar-refractivity contribution in [2.75, 3.05) is 32.5 Å². The highest BCUT2D eigenvalue weighted by Crippen LogP contribution is 2.30. The molecule has 1 fully saturated rings. The van der Waals surface area contributed by atoms with Crippen LogP contribution in [0.15, 0.2) is 53.4 Å². The molecule has 152 valence electrons. The van der Waals surface area contributed by atoms with Crippen molar-refractivity contribution in [2.24, 2.45) is 0 Å². The molecule has 1 saturated heterocycles. The molecule has 1 heterocycles. The van der Waals surface area contributed by atoms with E-state index in [1.54, 1.807) is 30.3 Å². The number of piperidine rings is 1. The van der Waals surface area contributed by atoms with Crippen molar-refractivity contribution in [1.82, 2.24) is 4.90 Å². The molecule has 1 N–H and O–H groups in total. The lowest BCUT2D eigenvalue weighted by Gasteiger charge is -2.36. The molecule has 0 spiro atoms. The molecular formula is C20H24FNO5S. The van der Waals surface area contributed by atoms with E-state index in [-0.39, 0.29) is 11.5 Å². The lowest BCUT2D eigenvalue weighted by molar-refractivity contribution is -0.0244. The van der Waals surface area contributed by atoms with E-state index in [0.717, 1.165) is 0 Å². The summed E-state index contributed by atoms with van der Waals surface area (Å²) < 4.78 is 49.0. The number of aliphatic hydroxyl groups is 1. The van der Waals surface area contributed by atoms with Crippen LogP contribution in [0.4, 0.5) is 4.39 Å². The molecule has 1 aliphatic heterocycles. The second-order valence-electron chi connectivity index (χ2n) is 6.74. The highest BCUT2D eigenvalue weighted by atomic mass is 32.2. The molecule has 6 nitrogen and oxygen atoms in total. The summed E-state index contributed by atoms with van der Waals surface area (Å²) in [4.78, 5) is 2.21. The molecule has 0 unspecified atom stereocenters. The maximum Gasteiger partial charge on any atom is 0.179 e. The molecule has 2 aromatic carbocycles. The number of aliphatic hydroxyl groups excluding tert-OH is 1. The molecule has 2 atom stereocenters. The van der Waals surface area contributed by atoms with Crippen LogP contribution < -0.4 is 9.47 Å². The van der Waals surface area contributed by atoms with Gasteiger partial charge in [0.2, 0.25) is 0 Å². The summed E-state index contributed by atoms with van der Waals surface area (Å²) >= 11 is 0. The van der Waals surface area contributed by atoms with Crippen LogP contribution in [0.5, 0.6) is 11.5 Å². The van der Waals surface area contributed by atoms with Crippen molar-refractivity contribution < 1.29 is 27.4 Å². The average molecular weight is 409 g/mol. The van der Waals surface area contributed by atoms with E-state index in [1.165, 1.54) is 25.3 Å². The highest BCUT2D eigenvalue weighted by Gasteiger charge is 2.30. The maximum absolute atomic E-state index is 13.3. The number of sulfone groups is 1. The van der Waals surface area contributed by atoms with Gasteiger partial charge in [-0.25, -0.2) is 12.8 Å². The topological polar surface area (TPSA) is 76.1 Å². The highest BCUT2D eigenvalue weighted by molar-refractivity contribution is 7.91. The van der Waals surface area contributed by atoms with Crippen molar-refractivity contribution in [3.05, 3.63) is 54.3 Å². The standard InChI is InChI=1S/C20H24FNO5S/c1-26-20-13-15(21)7-8-19(20)27-18-9-10-22(14-17(18)23)11-12-28(24,25)16-5-3-2-4-6-16/h2-8,13,17-18,23H,9-12,14H2,1H3/t17-,18-/m1/s1. The SMILES string of the molecule is COc1cc(F)ccc1O[C@@H]1CCN(CCS(=O)(=O)c2ccccc2)C[C@H]1O. The number of nitrogens with zero attached hydrogens (tertiary/aromatic N) is 1. The van der Waals surface area contributed by atoms with Gasteiger partial charge in [-0.05, 0) is 30.7 Å². The zero-order valence-electron chi connectivity index (χ0n) is 15.6. The molecule has 0 radical (unpaired) electrons. The van der Waals surface area contributed by atoms with Gasteiger partial charge in [-0.1, -0.05) is 18.2 Å². The summed E-state index contributed by atoms with van der Waals surface area (Å²) in [6.07, 6.45) is -0.739. The molecule has 0 saturated carbocycles. The molecule has 0 aliphatic carbocycles. The Balaban J connectivity index is 1.55. The van der Waals surface area contributed by atoms with E-state index in [4.69, 9.17) is 9.47 Å². The molecule has 28 heavy (non-hydrogen) atoms. The number of rotatable bonds is 7. The zero-order chi connectivity index (χ0) is 20.1. The number of methoxy groups -OCH3 is 1. The summed E-state index contributed by atoms with van der Waals surface area (Å²) in [5, 5.41) is 10.4. The number of hydrogen-bond donors (Lipinski definition) is 1. The van der Waals surface area contributed by atoms with E-state index >= 15 is 0 Å². The zero-order valence-corrected chi connectivity index (χ0v) is 16.4. The lowest BCUT2D eigenvalue weighted by Crippen LogP contribution is -2.50. The second kappa shape index (κ2) is 8.89. The van der Waals surface area contributed by atoms with Gasteiger partial charge in [0.1, 0.15) is 18.0 Å². The van der Waals surface area contributed by atoms with Gasteiger partial charge < -0.3 is 14.6 Å². The van der Waals surface area contributed by atoms with Gasteiger partial charge in [-0.2, -0.15) is 0 Å². The summed E-state index contributed by atoms with van der Waals surface area (Å²) in [6, 6.07) is 12.3. The largest absolute Gasteiger partial charge is 0.493 e. The predicted molar refractivity (Wildman–Crippen MR) is 103 cm³/mol. The third-order valence-electron chi connectivity index (χ3n) is 4.79. The van der Waals surface area contributed by atoms with Gasteiger partial charge in [-0.15, -0.1) is 0 Å². The van der Waals surface area contributed by atoms with E-state index < -0.39 is 27.9 Å². The van der Waals surface area contributed by atoms with Gasteiger partial charge in [0, 0.05) is 25.7 Å². The predicted octanol–water partition coefficient (Wildman–Crippen LogP) is 2.12. The van der Waals surface area contributed by atoms with Crippen molar-refractivity contribution in [3.63, 3.8) is 0 Å². The Morgan fingerprint density at radius 1 is 1.18 bits per heavy atom. The minimum Gasteiger partial charge on any atom is -0.493 e. The van der Waals surface area contributed by atoms with E-state index in [2.05, 4.69) is 0 Å². The van der Waals surface area contributed by atoms with E-state index in [0.29, 0.717) is 36.7 Å². The van der Waals surface area contributed by atoms with Crippen molar-refractivity contribution in [1.29, 1.82) is 0 Å². The summed E-state index contributed by atoms with van der Waals surface area (Å²) in [6.45, 7) is 1.23. The Kier molecular flexibility index (Phi) is 6.53. The van der Waals surface area contributed by atoms with Gasteiger partial charge in [0.15, 0.2) is 21.3 Å². The number of likely N-dealkylation sites (tertiary alicyclic amines) is 1. The van der Waals surface area contributed by atoms with Crippen LogP contribution in [0.2, 0.25) is 0 Å². The summed E-state index contributed by atoms with van der Waals surface area (Å²) in [7, 11) is -1.93. The summed E-state index contributed by atoms with van der Waals surface area (Å²) in [5.74, 6) is 0.192. The van der Waals surface area contributed by atoms with Crippen LogP contribution in [-0.2, 0) is 9.84 Å². The fourth-order valence-electron chi connectivity index (χ4n) is 3.21. The summed E-state index contributed by atoms with van der Waals surface area (Å²) in [5.41, 5.74) is 0. The average Bonchev–Trinajstić information content (AvgIpc) is 2.70. The minimum absolute atomic E-state index is 0.0129. The van der Waals surface area contributed by atoms with Crippen molar-refractivity contribution in [3.8, 4) is 11.5 Å². The Morgan fingerprint density at radius 2 is 1.93 bits per heavy atom. The lowest BCUT2D eigenvalue weighted by atomic mass is 10.0. The fourth-order valence-corrected chi connectivity index (χ4v) is 4.52. The molecular weight excluding hydrogens is 385 g/mol. The number of benzene rings is 2. The first-order valence-corrected chi connectivity index (χ1v) is 10.7. The second-order valence-corrected chi connectivity index (χ2v) is 8.85. The van der Waals surface area contributed by atoms with E-state index in [1.807, 2.05) is 4.90 Å². The molecule has 0 aromatic heterocycles. The third-order valence-corrected chi connectivity index (χ3v) is 6.50. The fraction of sp³-hybridized carbons (Fsp3) is 0.400. The van der Waals surface area contributed by atoms with Gasteiger partial charge in [0.05, 0.1) is 17.8 Å². The van der Waals surface area contributed by atoms with Crippen molar-refractivity contribution in [2.45, 2.75) is 23.5 Å². The van der Waals surface area contributed by atoms with Gasteiger partial charge in [-0.3, -0.25) is 4.90 Å². The Morgan fingerprint density at radius 3 is 2.61 bits per heavy atom. The van der Waals surface area contributed by atoms with Crippen LogP contribution in [0, 0.1) is 5.82 Å². The smallest absolute Gasteiger partial charge is 0.179 e. The van der Waals surface area contributed by atoms with Crippen LogP contribution in [0.3, 0.4) is 0 Å². The number of β-amino-alcohol motifs (C(OH)–C–C–N with tert-alkyl or cyclic N) is 1. The maximum atomic E-state index is 13.3. The number of hydrogen-bond acceptors (Lipinski definition) is 6. The normalized spacial score (nSPS) is 20.7. The minimum atomic E-state index is -3.36. The van der Waals surface area contributed by atoms with Gasteiger partial charge >= 0.3 is 0 Å². The van der Waals surface area contributed by atoms with Crippen LogP contribution in [0.25, 0.3) is 0 Å². The molecule has 3 rings (SSSR count). The van der Waals surface area contributed by atoms with Crippen molar-refractivity contribution >= 4 is 9.84 Å².